The maximum atomic E-state index is 11.2. The Morgan fingerprint density at radius 3 is 2.74 bits per heavy atom. The smallest absolute Gasteiger partial charge is 0.355 e. The predicted molar refractivity (Wildman–Crippen MR) is 75.2 cm³/mol. The van der Waals surface area contributed by atoms with E-state index in [0.717, 1.165) is 12.0 Å². The summed E-state index contributed by atoms with van der Waals surface area (Å²) >= 11 is 0. The Morgan fingerprint density at radius 2 is 2.05 bits per heavy atom. The minimum absolute atomic E-state index is 0.101. The number of hydrogen-bond acceptors (Lipinski definition) is 2. The maximum absolute atomic E-state index is 11.2. The standard InChI is InChI=1S/C16H17NO2/c1-11(2)9-12-5-3-6-13(10-12)14-7-4-8-17-15(14)16(18)19/h3-8,10-11H,9H2,1-2H3,(H,18,19). The van der Waals surface area contributed by atoms with Gasteiger partial charge < -0.3 is 5.11 Å². The molecule has 1 N–H and O–H groups in total. The second-order valence-corrected chi connectivity index (χ2v) is 5.00. The van der Waals surface area contributed by atoms with E-state index in [1.54, 1.807) is 12.1 Å². The molecule has 2 rings (SSSR count). The van der Waals surface area contributed by atoms with Crippen LogP contribution in [0.3, 0.4) is 0 Å². The molecule has 19 heavy (non-hydrogen) atoms. The molecule has 98 valence electrons. The largest absolute Gasteiger partial charge is 0.476 e. The first kappa shape index (κ1) is 13.3. The monoisotopic (exact) mass is 255 g/mol. The Morgan fingerprint density at radius 1 is 1.26 bits per heavy atom. The van der Waals surface area contributed by atoms with Crippen LogP contribution in [0.1, 0.15) is 29.9 Å². The molecule has 0 fully saturated rings. The molecule has 0 saturated carbocycles. The first-order valence-electron chi connectivity index (χ1n) is 6.35. The zero-order valence-electron chi connectivity index (χ0n) is 11.1. The second-order valence-electron chi connectivity index (χ2n) is 5.00. The van der Waals surface area contributed by atoms with Crippen molar-refractivity contribution >= 4 is 5.97 Å². The van der Waals surface area contributed by atoms with Gasteiger partial charge in [-0.1, -0.05) is 44.2 Å². The zero-order valence-corrected chi connectivity index (χ0v) is 11.1. The quantitative estimate of drug-likeness (QED) is 0.907. The summed E-state index contributed by atoms with van der Waals surface area (Å²) in [5, 5.41) is 9.18. The Labute approximate surface area is 112 Å². The van der Waals surface area contributed by atoms with E-state index in [-0.39, 0.29) is 5.69 Å². The van der Waals surface area contributed by atoms with Crippen molar-refractivity contribution in [3.8, 4) is 11.1 Å². The first-order chi connectivity index (χ1) is 9.08. The van der Waals surface area contributed by atoms with Crippen molar-refractivity contribution in [3.05, 3.63) is 53.9 Å². The third-order valence-electron chi connectivity index (χ3n) is 2.89. The van der Waals surface area contributed by atoms with Crippen molar-refractivity contribution in [2.24, 2.45) is 5.92 Å². The molecule has 3 nitrogen and oxygen atoms in total. The minimum Gasteiger partial charge on any atom is -0.476 e. The van der Waals surface area contributed by atoms with Crippen LogP contribution in [-0.2, 0) is 6.42 Å². The van der Waals surface area contributed by atoms with E-state index in [1.807, 2.05) is 18.2 Å². The van der Waals surface area contributed by atoms with Crippen LogP contribution in [0.5, 0.6) is 0 Å². The Kier molecular flexibility index (Phi) is 3.95. The van der Waals surface area contributed by atoms with Gasteiger partial charge in [0, 0.05) is 11.8 Å². The van der Waals surface area contributed by atoms with Crippen LogP contribution in [0, 0.1) is 5.92 Å². The number of rotatable bonds is 4. The highest BCUT2D eigenvalue weighted by Gasteiger charge is 2.12. The fraction of sp³-hybridized carbons (Fsp3) is 0.250. The van der Waals surface area contributed by atoms with Crippen LogP contribution in [0.25, 0.3) is 11.1 Å². The van der Waals surface area contributed by atoms with Crippen LogP contribution in [-0.4, -0.2) is 16.1 Å². The van der Waals surface area contributed by atoms with E-state index < -0.39 is 5.97 Å². The van der Waals surface area contributed by atoms with Crippen LogP contribution in [0.15, 0.2) is 42.6 Å². The van der Waals surface area contributed by atoms with Gasteiger partial charge in [0.05, 0.1) is 0 Å². The number of aromatic nitrogens is 1. The topological polar surface area (TPSA) is 50.2 Å². The number of hydrogen-bond donors (Lipinski definition) is 1. The van der Waals surface area contributed by atoms with E-state index >= 15 is 0 Å². The van der Waals surface area contributed by atoms with Gasteiger partial charge in [0.25, 0.3) is 0 Å². The summed E-state index contributed by atoms with van der Waals surface area (Å²) in [4.78, 5) is 15.1. The van der Waals surface area contributed by atoms with Gasteiger partial charge in [0.15, 0.2) is 5.69 Å². The molecule has 1 aromatic heterocycles. The van der Waals surface area contributed by atoms with Gasteiger partial charge >= 0.3 is 5.97 Å². The maximum Gasteiger partial charge on any atom is 0.355 e. The van der Waals surface area contributed by atoms with Gasteiger partial charge in [-0.15, -0.1) is 0 Å². The van der Waals surface area contributed by atoms with Gasteiger partial charge in [-0.2, -0.15) is 0 Å². The molecule has 2 aromatic rings. The minimum atomic E-state index is -0.995. The lowest BCUT2D eigenvalue weighted by Crippen LogP contribution is -2.03. The van der Waals surface area contributed by atoms with Crippen molar-refractivity contribution in [2.75, 3.05) is 0 Å². The third-order valence-corrected chi connectivity index (χ3v) is 2.89. The number of carbonyl (C=O) groups is 1. The molecule has 0 amide bonds. The lowest BCUT2D eigenvalue weighted by atomic mass is 9.97. The van der Waals surface area contributed by atoms with Crippen molar-refractivity contribution in [2.45, 2.75) is 20.3 Å². The summed E-state index contributed by atoms with van der Waals surface area (Å²) in [5.74, 6) is -0.423. The Bertz CT molecular complexity index is 591. The van der Waals surface area contributed by atoms with Gasteiger partial charge in [-0.25, -0.2) is 9.78 Å². The average Bonchev–Trinajstić information content (AvgIpc) is 2.38. The summed E-state index contributed by atoms with van der Waals surface area (Å²) in [6.45, 7) is 4.33. The highest BCUT2D eigenvalue weighted by Crippen LogP contribution is 2.24. The van der Waals surface area contributed by atoms with E-state index in [4.69, 9.17) is 0 Å². The molecule has 0 aliphatic heterocycles. The van der Waals surface area contributed by atoms with E-state index in [2.05, 4.69) is 24.9 Å². The van der Waals surface area contributed by atoms with Gasteiger partial charge in [0.2, 0.25) is 0 Å². The summed E-state index contributed by atoms with van der Waals surface area (Å²) < 4.78 is 0. The highest BCUT2D eigenvalue weighted by molar-refractivity contribution is 5.93. The van der Waals surface area contributed by atoms with Gasteiger partial charge in [-0.3, -0.25) is 0 Å². The molecule has 0 radical (unpaired) electrons. The van der Waals surface area contributed by atoms with E-state index in [1.165, 1.54) is 11.8 Å². The van der Waals surface area contributed by atoms with Gasteiger partial charge in [0.1, 0.15) is 0 Å². The summed E-state index contributed by atoms with van der Waals surface area (Å²) in [6.07, 6.45) is 2.49. The predicted octanol–water partition coefficient (Wildman–Crippen LogP) is 3.65. The number of pyridine rings is 1. The Hall–Kier alpha value is -2.16. The number of carboxylic acids is 1. The Balaban J connectivity index is 2.44. The van der Waals surface area contributed by atoms with Crippen LogP contribution >= 0.6 is 0 Å². The first-order valence-corrected chi connectivity index (χ1v) is 6.35. The number of nitrogens with zero attached hydrogens (tertiary/aromatic N) is 1. The number of benzene rings is 1. The molecular weight excluding hydrogens is 238 g/mol. The molecule has 0 spiro atoms. The molecule has 0 saturated heterocycles. The van der Waals surface area contributed by atoms with Crippen molar-refractivity contribution in [1.82, 2.24) is 4.98 Å². The SMILES string of the molecule is CC(C)Cc1cccc(-c2cccnc2C(=O)O)c1. The van der Waals surface area contributed by atoms with Crippen molar-refractivity contribution in [3.63, 3.8) is 0 Å². The van der Waals surface area contributed by atoms with Crippen LogP contribution in [0.4, 0.5) is 0 Å². The van der Waals surface area contributed by atoms with E-state index in [0.29, 0.717) is 11.5 Å². The molecule has 3 heteroatoms. The molecule has 1 heterocycles. The van der Waals surface area contributed by atoms with Crippen molar-refractivity contribution in [1.29, 1.82) is 0 Å². The fourth-order valence-corrected chi connectivity index (χ4v) is 2.15. The molecule has 0 atom stereocenters. The molecule has 1 aromatic carbocycles. The zero-order chi connectivity index (χ0) is 13.8. The highest BCUT2D eigenvalue weighted by atomic mass is 16.4. The third kappa shape index (κ3) is 3.19. The normalized spacial score (nSPS) is 10.7. The van der Waals surface area contributed by atoms with E-state index in [9.17, 15) is 9.90 Å². The van der Waals surface area contributed by atoms with Gasteiger partial charge in [-0.05, 0) is 29.5 Å². The number of aromatic carboxylic acids is 1. The summed E-state index contributed by atoms with van der Waals surface area (Å²) in [5.41, 5.74) is 2.89. The molecule has 0 bridgehead atoms. The lowest BCUT2D eigenvalue weighted by Gasteiger charge is -2.09. The van der Waals surface area contributed by atoms with Crippen LogP contribution < -0.4 is 0 Å². The second kappa shape index (κ2) is 5.65. The summed E-state index contributed by atoms with van der Waals surface area (Å²) in [7, 11) is 0. The van der Waals surface area contributed by atoms with Crippen molar-refractivity contribution < 1.29 is 9.90 Å². The lowest BCUT2D eigenvalue weighted by molar-refractivity contribution is 0.0691. The number of carboxylic acid groups (broad SMARTS) is 1. The summed E-state index contributed by atoms with van der Waals surface area (Å²) in [6, 6.07) is 11.6. The molecular formula is C16H17NO2. The molecule has 0 unspecified atom stereocenters. The molecule has 0 aliphatic rings. The molecule has 0 aliphatic carbocycles. The fourth-order valence-electron chi connectivity index (χ4n) is 2.15. The van der Waals surface area contributed by atoms with Crippen LogP contribution in [0.2, 0.25) is 0 Å². The average molecular weight is 255 g/mol.